The van der Waals surface area contributed by atoms with Crippen LogP contribution in [0.25, 0.3) is 0 Å². The first-order valence-corrected chi connectivity index (χ1v) is 6.00. The van der Waals surface area contributed by atoms with Crippen molar-refractivity contribution < 1.29 is 13.9 Å². The molecule has 0 saturated carbocycles. The van der Waals surface area contributed by atoms with Gasteiger partial charge in [0, 0.05) is 18.9 Å². The molecule has 0 saturated heterocycles. The molecule has 0 bridgehead atoms. The van der Waals surface area contributed by atoms with Crippen molar-refractivity contribution in [2.24, 2.45) is 0 Å². The Bertz CT molecular complexity index is 410. The van der Waals surface area contributed by atoms with Crippen LogP contribution in [0.4, 0.5) is 15.8 Å². The highest BCUT2D eigenvalue weighted by Gasteiger charge is 2.07. The summed E-state index contributed by atoms with van der Waals surface area (Å²) >= 11 is 0. The second-order valence-electron chi connectivity index (χ2n) is 4.14. The third-order valence-electron chi connectivity index (χ3n) is 2.52. The summed E-state index contributed by atoms with van der Waals surface area (Å²) in [5, 5.41) is 3.15. The van der Waals surface area contributed by atoms with E-state index in [2.05, 4.69) is 5.32 Å². The molecule has 1 atom stereocenters. The van der Waals surface area contributed by atoms with Crippen molar-refractivity contribution in [3.63, 3.8) is 0 Å². The fourth-order valence-corrected chi connectivity index (χ4v) is 1.45. The van der Waals surface area contributed by atoms with Gasteiger partial charge in [-0.05, 0) is 25.1 Å². The summed E-state index contributed by atoms with van der Waals surface area (Å²) in [6.07, 6.45) is 1.05. The average Bonchev–Trinajstić information content (AvgIpc) is 2.32. The summed E-state index contributed by atoms with van der Waals surface area (Å²) in [4.78, 5) is 10.9. The summed E-state index contributed by atoms with van der Waals surface area (Å²) < 4.78 is 17.8. The first-order valence-electron chi connectivity index (χ1n) is 6.00. The van der Waals surface area contributed by atoms with Gasteiger partial charge in [0.05, 0.1) is 18.0 Å². The number of hydrogen-bond acceptors (Lipinski definition) is 4. The molecule has 0 radical (unpaired) electrons. The van der Waals surface area contributed by atoms with Crippen molar-refractivity contribution in [2.45, 2.75) is 32.7 Å². The van der Waals surface area contributed by atoms with E-state index in [9.17, 15) is 9.18 Å². The number of rotatable bonds is 6. The number of carbonyl (C=O) groups is 1. The van der Waals surface area contributed by atoms with Crippen LogP contribution in [0.2, 0.25) is 0 Å². The summed E-state index contributed by atoms with van der Waals surface area (Å²) in [6.45, 7) is 4.06. The lowest BCUT2D eigenvalue weighted by molar-refractivity contribution is -0.143. The Morgan fingerprint density at radius 1 is 1.56 bits per heavy atom. The van der Waals surface area contributed by atoms with E-state index >= 15 is 0 Å². The van der Waals surface area contributed by atoms with Crippen LogP contribution in [-0.4, -0.2) is 18.6 Å². The molecule has 100 valence electrons. The van der Waals surface area contributed by atoms with E-state index < -0.39 is 0 Å². The van der Waals surface area contributed by atoms with Gasteiger partial charge in [-0.25, -0.2) is 4.39 Å². The lowest BCUT2D eigenvalue weighted by atomic mass is 10.2. The first-order chi connectivity index (χ1) is 8.52. The summed E-state index contributed by atoms with van der Waals surface area (Å²) in [6, 6.07) is 4.30. The van der Waals surface area contributed by atoms with Crippen LogP contribution < -0.4 is 11.1 Å². The van der Waals surface area contributed by atoms with Gasteiger partial charge in [-0.3, -0.25) is 4.79 Å². The molecule has 1 rings (SSSR count). The molecule has 1 aromatic carbocycles. The first kappa shape index (κ1) is 14.3. The Kier molecular flexibility index (Phi) is 5.42. The quantitative estimate of drug-likeness (QED) is 0.605. The number of esters is 1. The number of hydrogen-bond donors (Lipinski definition) is 2. The molecular formula is C13H19FN2O2. The molecule has 3 N–H and O–H groups in total. The minimum Gasteiger partial charge on any atom is -0.466 e. The number of nitrogens with one attached hydrogen (secondary N) is 1. The number of anilines is 2. The topological polar surface area (TPSA) is 64.3 Å². The van der Waals surface area contributed by atoms with Gasteiger partial charge in [-0.1, -0.05) is 6.92 Å². The highest BCUT2D eigenvalue weighted by Crippen LogP contribution is 2.20. The highest BCUT2D eigenvalue weighted by molar-refractivity contribution is 5.68. The molecule has 0 aliphatic rings. The van der Waals surface area contributed by atoms with Gasteiger partial charge >= 0.3 is 5.97 Å². The zero-order valence-corrected chi connectivity index (χ0v) is 10.7. The predicted octanol–water partition coefficient (Wildman–Crippen LogP) is 2.55. The number of ether oxygens (including phenoxy) is 1. The van der Waals surface area contributed by atoms with Crippen LogP contribution >= 0.6 is 0 Å². The van der Waals surface area contributed by atoms with Gasteiger partial charge in [0.1, 0.15) is 5.82 Å². The van der Waals surface area contributed by atoms with Crippen LogP contribution in [0.1, 0.15) is 26.7 Å². The van der Waals surface area contributed by atoms with Gasteiger partial charge < -0.3 is 15.8 Å². The van der Waals surface area contributed by atoms with Crippen LogP contribution in [0.5, 0.6) is 0 Å². The van der Waals surface area contributed by atoms with Crippen molar-refractivity contribution in [1.82, 2.24) is 0 Å². The average molecular weight is 254 g/mol. The number of carbonyl (C=O) groups excluding carboxylic acids is 1. The van der Waals surface area contributed by atoms with Gasteiger partial charge in [0.15, 0.2) is 0 Å². The zero-order valence-electron chi connectivity index (χ0n) is 10.7. The van der Waals surface area contributed by atoms with E-state index in [-0.39, 0.29) is 17.8 Å². The molecule has 0 fully saturated rings. The maximum atomic E-state index is 12.9. The number of nitrogens with two attached hydrogens (primary N) is 1. The molecular weight excluding hydrogens is 235 g/mol. The zero-order chi connectivity index (χ0) is 13.5. The smallest absolute Gasteiger partial charge is 0.305 e. The molecule has 18 heavy (non-hydrogen) atoms. The third kappa shape index (κ3) is 4.61. The van der Waals surface area contributed by atoms with E-state index in [0.29, 0.717) is 30.8 Å². The van der Waals surface area contributed by atoms with Crippen LogP contribution in [0.3, 0.4) is 0 Å². The maximum absolute atomic E-state index is 12.9. The van der Waals surface area contributed by atoms with Gasteiger partial charge in [0.25, 0.3) is 0 Å². The van der Waals surface area contributed by atoms with Crippen molar-refractivity contribution in [2.75, 3.05) is 17.7 Å². The third-order valence-corrected chi connectivity index (χ3v) is 2.52. The molecule has 0 aliphatic carbocycles. The maximum Gasteiger partial charge on any atom is 0.305 e. The lowest BCUT2D eigenvalue weighted by Gasteiger charge is -2.16. The number of nitrogen functional groups attached to an aromatic ring is 1. The normalized spacial score (nSPS) is 11.9. The van der Waals surface area contributed by atoms with E-state index in [1.807, 2.05) is 6.92 Å². The monoisotopic (exact) mass is 254 g/mol. The molecule has 1 unspecified atom stereocenters. The lowest BCUT2D eigenvalue weighted by Crippen LogP contribution is -2.19. The molecule has 0 amide bonds. The van der Waals surface area contributed by atoms with Crippen LogP contribution in [-0.2, 0) is 9.53 Å². The Morgan fingerprint density at radius 2 is 2.28 bits per heavy atom. The molecule has 0 aromatic heterocycles. The predicted molar refractivity (Wildman–Crippen MR) is 69.8 cm³/mol. The van der Waals surface area contributed by atoms with E-state index in [4.69, 9.17) is 10.5 Å². The second-order valence-corrected chi connectivity index (χ2v) is 4.14. The van der Waals surface area contributed by atoms with Gasteiger partial charge in [-0.15, -0.1) is 0 Å². The van der Waals surface area contributed by atoms with Crippen LogP contribution in [0.15, 0.2) is 18.2 Å². The summed E-state index contributed by atoms with van der Waals surface area (Å²) in [5.41, 5.74) is 6.73. The molecule has 0 aliphatic heterocycles. The minimum atomic E-state index is -0.359. The van der Waals surface area contributed by atoms with Gasteiger partial charge in [0.2, 0.25) is 0 Å². The standard InChI is InChI=1S/C13H19FN2O2/c1-3-13(17)18-7-6-9(2)16-12-5-4-10(14)8-11(12)15/h4-5,8-9,16H,3,6-7,15H2,1-2H3. The Balaban J connectivity index is 2.39. The Labute approximate surface area is 106 Å². The second kappa shape index (κ2) is 6.83. The van der Waals surface area contributed by atoms with Crippen molar-refractivity contribution in [3.05, 3.63) is 24.0 Å². The molecule has 1 aromatic rings. The number of halogens is 1. The SMILES string of the molecule is CCC(=O)OCCC(C)Nc1ccc(F)cc1N. The van der Waals surface area contributed by atoms with E-state index in [1.54, 1.807) is 13.0 Å². The van der Waals surface area contributed by atoms with E-state index in [0.717, 1.165) is 0 Å². The van der Waals surface area contributed by atoms with Crippen LogP contribution in [0, 0.1) is 5.82 Å². The fourth-order valence-electron chi connectivity index (χ4n) is 1.45. The largest absolute Gasteiger partial charge is 0.466 e. The highest BCUT2D eigenvalue weighted by atomic mass is 19.1. The van der Waals surface area contributed by atoms with Crippen molar-refractivity contribution in [1.29, 1.82) is 0 Å². The number of benzene rings is 1. The summed E-state index contributed by atoms with van der Waals surface area (Å²) in [5.74, 6) is -0.564. The van der Waals surface area contributed by atoms with Crippen molar-refractivity contribution >= 4 is 17.3 Å². The van der Waals surface area contributed by atoms with E-state index in [1.165, 1.54) is 12.1 Å². The minimum absolute atomic E-state index is 0.0856. The Hall–Kier alpha value is -1.78. The molecule has 0 heterocycles. The molecule has 4 nitrogen and oxygen atoms in total. The van der Waals surface area contributed by atoms with Gasteiger partial charge in [-0.2, -0.15) is 0 Å². The summed E-state index contributed by atoms with van der Waals surface area (Å²) in [7, 11) is 0. The fraction of sp³-hybridized carbons (Fsp3) is 0.462. The van der Waals surface area contributed by atoms with Crippen molar-refractivity contribution in [3.8, 4) is 0 Å². The Morgan fingerprint density at radius 3 is 2.89 bits per heavy atom. The molecule has 0 spiro atoms. The molecule has 5 heteroatoms.